The van der Waals surface area contributed by atoms with E-state index < -0.39 is 7.12 Å². The number of hydrogen-bond acceptors (Lipinski definition) is 4. The summed E-state index contributed by atoms with van der Waals surface area (Å²) < 4.78 is 0. The van der Waals surface area contributed by atoms with Gasteiger partial charge in [0.1, 0.15) is 0 Å². The first-order valence-electron chi connectivity index (χ1n) is 6.10. The van der Waals surface area contributed by atoms with Crippen LogP contribution in [0, 0.1) is 0 Å². The summed E-state index contributed by atoms with van der Waals surface area (Å²) in [6.45, 7) is 2.07. The molecule has 0 fully saturated rings. The Morgan fingerprint density at radius 3 is 2.72 bits per heavy atom. The number of hydrogen-bond donors (Lipinski definition) is 4. The monoisotopic (exact) mass is 250 g/mol. The molecule has 0 spiro atoms. The number of nitrogens with one attached hydrogen (secondary N) is 1. The van der Waals surface area contributed by atoms with E-state index in [9.17, 15) is 14.8 Å². The number of amides is 1. The number of carbonyl (C=O) groups is 1. The Labute approximate surface area is 107 Å². The molecule has 0 heterocycles. The first kappa shape index (κ1) is 14.5. The first-order valence-corrected chi connectivity index (χ1v) is 6.10. The SMILES string of the molecule is CCCCCC(=O)Nc1ccc(N)cc1B(O)O. The Hall–Kier alpha value is -1.53. The van der Waals surface area contributed by atoms with Crippen molar-refractivity contribution in [3.63, 3.8) is 0 Å². The fourth-order valence-corrected chi connectivity index (χ4v) is 1.66. The molecule has 0 aromatic heterocycles. The molecular weight excluding hydrogens is 231 g/mol. The van der Waals surface area contributed by atoms with Gasteiger partial charge in [-0.2, -0.15) is 0 Å². The van der Waals surface area contributed by atoms with Crippen molar-refractivity contribution < 1.29 is 14.8 Å². The standard InChI is InChI=1S/C12H19BN2O3/c1-2-3-4-5-12(16)15-11-7-6-9(14)8-10(11)13(17)18/h6-8,17-18H,2-5,14H2,1H3,(H,15,16). The van der Waals surface area contributed by atoms with Gasteiger partial charge in [-0.3, -0.25) is 4.79 Å². The highest BCUT2D eigenvalue weighted by Gasteiger charge is 2.17. The maximum absolute atomic E-state index is 11.6. The maximum atomic E-state index is 11.6. The van der Waals surface area contributed by atoms with Gasteiger partial charge in [-0.25, -0.2) is 0 Å². The molecular formula is C12H19BN2O3. The zero-order valence-corrected chi connectivity index (χ0v) is 10.5. The molecule has 1 amide bonds. The minimum Gasteiger partial charge on any atom is -0.423 e. The summed E-state index contributed by atoms with van der Waals surface area (Å²) in [5.41, 5.74) is 6.57. The van der Waals surface area contributed by atoms with E-state index in [1.54, 1.807) is 12.1 Å². The predicted octanol–water partition coefficient (Wildman–Crippen LogP) is 0.467. The Morgan fingerprint density at radius 1 is 1.39 bits per heavy atom. The smallest absolute Gasteiger partial charge is 0.423 e. The van der Waals surface area contributed by atoms with Crippen molar-refractivity contribution in [3.8, 4) is 0 Å². The zero-order chi connectivity index (χ0) is 13.5. The van der Waals surface area contributed by atoms with E-state index in [4.69, 9.17) is 5.73 Å². The molecule has 0 saturated carbocycles. The Balaban J connectivity index is 2.69. The summed E-state index contributed by atoms with van der Waals surface area (Å²) in [7, 11) is -1.65. The van der Waals surface area contributed by atoms with Gasteiger partial charge in [0.15, 0.2) is 0 Å². The lowest BCUT2D eigenvalue weighted by Gasteiger charge is -2.11. The molecule has 0 radical (unpaired) electrons. The predicted molar refractivity (Wildman–Crippen MR) is 73.5 cm³/mol. The molecule has 0 aliphatic rings. The lowest BCUT2D eigenvalue weighted by molar-refractivity contribution is -0.116. The van der Waals surface area contributed by atoms with E-state index in [0.717, 1.165) is 19.3 Å². The Bertz CT molecular complexity index is 410. The normalized spacial score (nSPS) is 10.2. The van der Waals surface area contributed by atoms with Crippen LogP contribution in [-0.4, -0.2) is 23.1 Å². The number of anilines is 2. The minimum atomic E-state index is -1.65. The maximum Gasteiger partial charge on any atom is 0.490 e. The van der Waals surface area contributed by atoms with Gasteiger partial charge >= 0.3 is 7.12 Å². The summed E-state index contributed by atoms with van der Waals surface area (Å²) >= 11 is 0. The van der Waals surface area contributed by atoms with Crippen LogP contribution in [-0.2, 0) is 4.79 Å². The van der Waals surface area contributed by atoms with Gasteiger partial charge in [0.05, 0.1) is 0 Å². The van der Waals surface area contributed by atoms with Gasteiger partial charge in [-0.15, -0.1) is 0 Å². The molecule has 18 heavy (non-hydrogen) atoms. The van der Waals surface area contributed by atoms with Crippen molar-refractivity contribution in [1.82, 2.24) is 0 Å². The zero-order valence-electron chi connectivity index (χ0n) is 10.5. The summed E-state index contributed by atoms with van der Waals surface area (Å²) in [4.78, 5) is 11.6. The molecule has 5 nitrogen and oxygen atoms in total. The topological polar surface area (TPSA) is 95.6 Å². The molecule has 6 heteroatoms. The quantitative estimate of drug-likeness (QED) is 0.335. The van der Waals surface area contributed by atoms with Crippen LogP contribution in [0.1, 0.15) is 32.6 Å². The van der Waals surface area contributed by atoms with Crippen LogP contribution in [0.5, 0.6) is 0 Å². The summed E-state index contributed by atoms with van der Waals surface area (Å²) in [5.74, 6) is -0.130. The first-order chi connectivity index (χ1) is 8.54. The molecule has 1 rings (SSSR count). The molecule has 98 valence electrons. The number of carbonyl (C=O) groups excluding carboxylic acids is 1. The van der Waals surface area contributed by atoms with Crippen LogP contribution in [0.25, 0.3) is 0 Å². The molecule has 0 bridgehead atoms. The molecule has 1 aromatic carbocycles. The van der Waals surface area contributed by atoms with E-state index >= 15 is 0 Å². The fraction of sp³-hybridized carbons (Fsp3) is 0.417. The largest absolute Gasteiger partial charge is 0.490 e. The number of unbranched alkanes of at least 4 members (excludes halogenated alkanes) is 2. The summed E-state index contributed by atoms with van der Waals surface area (Å²) in [6.07, 6.45) is 3.31. The van der Waals surface area contributed by atoms with Gasteiger partial charge in [-0.1, -0.05) is 19.8 Å². The second-order valence-electron chi connectivity index (χ2n) is 4.23. The van der Waals surface area contributed by atoms with Gasteiger partial charge in [-0.05, 0) is 24.6 Å². The van der Waals surface area contributed by atoms with Crippen molar-refractivity contribution in [2.24, 2.45) is 0 Å². The fourth-order valence-electron chi connectivity index (χ4n) is 1.66. The molecule has 0 atom stereocenters. The van der Waals surface area contributed by atoms with E-state index in [1.807, 2.05) is 0 Å². The van der Waals surface area contributed by atoms with E-state index in [-0.39, 0.29) is 11.4 Å². The van der Waals surface area contributed by atoms with Gasteiger partial charge in [0.2, 0.25) is 5.91 Å². The van der Waals surface area contributed by atoms with E-state index in [1.165, 1.54) is 6.07 Å². The highest BCUT2D eigenvalue weighted by molar-refractivity contribution is 6.60. The molecule has 5 N–H and O–H groups in total. The average Bonchev–Trinajstić information content (AvgIpc) is 2.31. The highest BCUT2D eigenvalue weighted by atomic mass is 16.4. The van der Waals surface area contributed by atoms with Crippen LogP contribution < -0.4 is 16.5 Å². The number of nitrogens with two attached hydrogens (primary N) is 1. The van der Waals surface area contributed by atoms with Crippen LogP contribution >= 0.6 is 0 Å². The number of nitrogen functional groups attached to an aromatic ring is 1. The van der Waals surface area contributed by atoms with Crippen LogP contribution in [0.15, 0.2) is 18.2 Å². The molecule has 0 aliphatic carbocycles. The third kappa shape index (κ3) is 4.39. The Morgan fingerprint density at radius 2 is 2.11 bits per heavy atom. The molecule has 1 aromatic rings. The van der Waals surface area contributed by atoms with Crippen molar-refractivity contribution in [1.29, 1.82) is 0 Å². The van der Waals surface area contributed by atoms with Crippen molar-refractivity contribution in [2.45, 2.75) is 32.6 Å². The third-order valence-corrected chi connectivity index (χ3v) is 2.64. The van der Waals surface area contributed by atoms with Crippen molar-refractivity contribution >= 4 is 29.9 Å². The van der Waals surface area contributed by atoms with Gasteiger partial charge in [0.25, 0.3) is 0 Å². The molecule has 0 unspecified atom stereocenters. The van der Waals surface area contributed by atoms with E-state index in [2.05, 4.69) is 12.2 Å². The second-order valence-corrected chi connectivity index (χ2v) is 4.23. The van der Waals surface area contributed by atoms with E-state index in [0.29, 0.717) is 17.8 Å². The number of rotatable bonds is 6. The van der Waals surface area contributed by atoms with Gasteiger partial charge in [0, 0.05) is 23.3 Å². The van der Waals surface area contributed by atoms with Gasteiger partial charge < -0.3 is 21.1 Å². The van der Waals surface area contributed by atoms with Crippen LogP contribution in [0.2, 0.25) is 0 Å². The lowest BCUT2D eigenvalue weighted by atomic mass is 9.78. The van der Waals surface area contributed by atoms with Crippen LogP contribution in [0.3, 0.4) is 0 Å². The summed E-state index contributed by atoms with van der Waals surface area (Å²) in [5, 5.41) is 21.1. The molecule has 0 saturated heterocycles. The van der Waals surface area contributed by atoms with Crippen molar-refractivity contribution in [2.75, 3.05) is 11.1 Å². The Kier molecular flexibility index (Phi) is 5.68. The van der Waals surface area contributed by atoms with Crippen molar-refractivity contribution in [3.05, 3.63) is 18.2 Å². The number of benzene rings is 1. The third-order valence-electron chi connectivity index (χ3n) is 2.64. The van der Waals surface area contributed by atoms with Crippen LogP contribution in [0.4, 0.5) is 11.4 Å². The second kappa shape index (κ2) is 7.03. The average molecular weight is 250 g/mol. The lowest BCUT2D eigenvalue weighted by Crippen LogP contribution is -2.33. The summed E-state index contributed by atoms with van der Waals surface area (Å²) in [6, 6.07) is 4.61. The minimum absolute atomic E-state index is 0.130. The highest BCUT2D eigenvalue weighted by Crippen LogP contribution is 2.10. The molecule has 0 aliphatic heterocycles.